The third-order valence-corrected chi connectivity index (χ3v) is 3.32. The Kier molecular flexibility index (Phi) is 2.47. The van der Waals surface area contributed by atoms with Crippen molar-refractivity contribution in [2.45, 2.75) is 24.9 Å². The highest BCUT2D eigenvalue weighted by Crippen LogP contribution is 2.19. The number of hydrogen-bond acceptors (Lipinski definition) is 4. The molecule has 0 N–H and O–H groups in total. The number of rotatable bonds is 1. The maximum absolute atomic E-state index is 11.0. The normalized spacial score (nSPS) is 25.6. The van der Waals surface area contributed by atoms with Gasteiger partial charge in [0, 0.05) is 6.26 Å². The molecule has 1 aliphatic heterocycles. The van der Waals surface area contributed by atoms with Crippen molar-refractivity contribution in [3.63, 3.8) is 0 Å². The molecular formula is C7H14O4S. The monoisotopic (exact) mass is 194 g/mol. The van der Waals surface area contributed by atoms with Crippen LogP contribution in [-0.4, -0.2) is 38.9 Å². The summed E-state index contributed by atoms with van der Waals surface area (Å²) in [5, 5.41) is -0.509. The predicted molar refractivity (Wildman–Crippen MR) is 44.6 cm³/mol. The summed E-state index contributed by atoms with van der Waals surface area (Å²) in [6, 6.07) is 0. The van der Waals surface area contributed by atoms with Gasteiger partial charge in [-0.25, -0.2) is 8.42 Å². The van der Waals surface area contributed by atoms with Crippen molar-refractivity contribution in [3.05, 3.63) is 0 Å². The van der Waals surface area contributed by atoms with Crippen LogP contribution < -0.4 is 0 Å². The molecule has 0 amide bonds. The molecule has 0 aliphatic carbocycles. The average molecular weight is 194 g/mol. The summed E-state index contributed by atoms with van der Waals surface area (Å²) < 4.78 is 32.5. The first-order valence-corrected chi connectivity index (χ1v) is 5.73. The third kappa shape index (κ3) is 2.43. The number of sulfone groups is 1. The molecule has 0 spiro atoms. The first-order chi connectivity index (χ1) is 5.31. The van der Waals surface area contributed by atoms with E-state index in [1.807, 2.05) is 0 Å². The largest absolute Gasteiger partial charge is 0.349 e. The summed E-state index contributed by atoms with van der Waals surface area (Å²) in [6.07, 6.45) is 1.20. The Morgan fingerprint density at radius 3 is 2.00 bits per heavy atom. The summed E-state index contributed by atoms with van der Waals surface area (Å²) >= 11 is 0. The molecule has 0 radical (unpaired) electrons. The van der Waals surface area contributed by atoms with E-state index in [4.69, 9.17) is 9.47 Å². The van der Waals surface area contributed by atoms with Gasteiger partial charge in [-0.15, -0.1) is 0 Å². The minimum Gasteiger partial charge on any atom is -0.349 e. The molecule has 0 bridgehead atoms. The molecule has 4 nitrogen and oxygen atoms in total. The second-order valence-electron chi connectivity index (χ2n) is 3.47. The second-order valence-corrected chi connectivity index (χ2v) is 5.80. The molecule has 1 heterocycles. The van der Waals surface area contributed by atoms with E-state index in [9.17, 15) is 8.42 Å². The summed E-state index contributed by atoms with van der Waals surface area (Å²) in [5.41, 5.74) is 0. The van der Waals surface area contributed by atoms with Gasteiger partial charge >= 0.3 is 0 Å². The predicted octanol–water partition coefficient (Wildman–Crippen LogP) is 0.183. The van der Waals surface area contributed by atoms with Crippen molar-refractivity contribution < 1.29 is 17.9 Å². The van der Waals surface area contributed by atoms with Crippen molar-refractivity contribution >= 4 is 9.84 Å². The van der Waals surface area contributed by atoms with E-state index in [-0.39, 0.29) is 13.2 Å². The quantitative estimate of drug-likeness (QED) is 0.597. The zero-order chi connectivity index (χ0) is 9.41. The Morgan fingerprint density at radius 1 is 1.25 bits per heavy atom. The molecule has 0 aromatic rings. The Morgan fingerprint density at radius 2 is 1.67 bits per heavy atom. The van der Waals surface area contributed by atoms with Crippen LogP contribution in [0.3, 0.4) is 0 Å². The van der Waals surface area contributed by atoms with Crippen LogP contribution in [0, 0.1) is 0 Å². The van der Waals surface area contributed by atoms with Crippen LogP contribution in [0.1, 0.15) is 13.8 Å². The van der Waals surface area contributed by atoms with Gasteiger partial charge in [-0.2, -0.15) is 0 Å². The van der Waals surface area contributed by atoms with Crippen LogP contribution in [-0.2, 0) is 19.3 Å². The van der Waals surface area contributed by atoms with E-state index in [1.165, 1.54) is 6.26 Å². The maximum Gasteiger partial charge on any atom is 0.162 e. The van der Waals surface area contributed by atoms with E-state index in [0.29, 0.717) is 0 Å². The van der Waals surface area contributed by atoms with E-state index >= 15 is 0 Å². The average Bonchev–Trinajstić information content (AvgIpc) is 1.83. The van der Waals surface area contributed by atoms with Crippen LogP contribution in [0.2, 0.25) is 0 Å². The topological polar surface area (TPSA) is 52.6 Å². The van der Waals surface area contributed by atoms with Gasteiger partial charge in [0.05, 0.1) is 13.2 Å². The van der Waals surface area contributed by atoms with Crippen molar-refractivity contribution in [1.82, 2.24) is 0 Å². The standard InChI is InChI=1S/C7H14O4S/c1-7(2)10-4-6(5-11-7)12(3,8)9/h6H,4-5H2,1-3H3. The minimum absolute atomic E-state index is 0.228. The van der Waals surface area contributed by atoms with Crippen molar-refractivity contribution in [3.8, 4) is 0 Å². The fourth-order valence-electron chi connectivity index (χ4n) is 0.924. The molecular weight excluding hydrogens is 180 g/mol. The Bertz CT molecular complexity index is 245. The molecule has 0 aromatic carbocycles. The van der Waals surface area contributed by atoms with Gasteiger partial charge in [-0.3, -0.25) is 0 Å². The molecule has 1 fully saturated rings. The van der Waals surface area contributed by atoms with Crippen LogP contribution in [0.25, 0.3) is 0 Å². The zero-order valence-corrected chi connectivity index (χ0v) is 8.35. The SMILES string of the molecule is CC1(C)OCC(S(C)(=O)=O)CO1. The molecule has 1 aliphatic rings. The van der Waals surface area contributed by atoms with Gasteiger partial charge < -0.3 is 9.47 Å². The van der Waals surface area contributed by atoms with Crippen LogP contribution in [0.15, 0.2) is 0 Å². The molecule has 0 atom stereocenters. The van der Waals surface area contributed by atoms with Gasteiger partial charge in [0.2, 0.25) is 0 Å². The van der Waals surface area contributed by atoms with E-state index in [2.05, 4.69) is 0 Å². The molecule has 12 heavy (non-hydrogen) atoms. The van der Waals surface area contributed by atoms with Crippen molar-refractivity contribution in [2.75, 3.05) is 19.5 Å². The third-order valence-electron chi connectivity index (χ3n) is 1.84. The van der Waals surface area contributed by atoms with Crippen LogP contribution in [0.4, 0.5) is 0 Å². The summed E-state index contributed by atoms with van der Waals surface area (Å²) in [7, 11) is -3.03. The smallest absolute Gasteiger partial charge is 0.162 e. The molecule has 72 valence electrons. The maximum atomic E-state index is 11.0. The Balaban J connectivity index is 2.59. The molecule has 0 saturated carbocycles. The first kappa shape index (κ1) is 9.95. The number of hydrogen-bond donors (Lipinski definition) is 0. The molecule has 0 unspecified atom stereocenters. The summed E-state index contributed by atoms with van der Waals surface area (Å²) in [5.74, 6) is -0.638. The fourth-order valence-corrected chi connectivity index (χ4v) is 1.55. The zero-order valence-electron chi connectivity index (χ0n) is 7.53. The highest BCUT2D eigenvalue weighted by molar-refractivity contribution is 7.91. The molecule has 5 heteroatoms. The van der Waals surface area contributed by atoms with E-state index in [0.717, 1.165) is 0 Å². The summed E-state index contributed by atoms with van der Waals surface area (Å²) in [6.45, 7) is 3.99. The highest BCUT2D eigenvalue weighted by Gasteiger charge is 2.33. The lowest BCUT2D eigenvalue weighted by molar-refractivity contribution is -0.242. The lowest BCUT2D eigenvalue weighted by Crippen LogP contribution is -2.45. The fraction of sp³-hybridized carbons (Fsp3) is 1.00. The molecule has 1 rings (SSSR count). The lowest BCUT2D eigenvalue weighted by atomic mass is 10.3. The van der Waals surface area contributed by atoms with Crippen molar-refractivity contribution in [2.24, 2.45) is 0 Å². The molecule has 1 saturated heterocycles. The van der Waals surface area contributed by atoms with Crippen molar-refractivity contribution in [1.29, 1.82) is 0 Å². The Labute approximate surface area is 72.8 Å². The van der Waals surface area contributed by atoms with E-state index < -0.39 is 20.9 Å². The van der Waals surface area contributed by atoms with E-state index in [1.54, 1.807) is 13.8 Å². The van der Waals surface area contributed by atoms with Gasteiger partial charge in [0.15, 0.2) is 15.6 Å². The highest BCUT2D eigenvalue weighted by atomic mass is 32.2. The minimum atomic E-state index is -3.03. The number of ether oxygens (including phenoxy) is 2. The van der Waals surface area contributed by atoms with Gasteiger partial charge in [-0.1, -0.05) is 0 Å². The second kappa shape index (κ2) is 2.97. The van der Waals surface area contributed by atoms with Crippen LogP contribution in [0.5, 0.6) is 0 Å². The Hall–Kier alpha value is -0.130. The van der Waals surface area contributed by atoms with Gasteiger partial charge in [-0.05, 0) is 13.8 Å². The van der Waals surface area contributed by atoms with Gasteiger partial charge in [0.25, 0.3) is 0 Å². The van der Waals surface area contributed by atoms with Gasteiger partial charge in [0.1, 0.15) is 5.25 Å². The summed E-state index contributed by atoms with van der Waals surface area (Å²) in [4.78, 5) is 0. The first-order valence-electron chi connectivity index (χ1n) is 3.78. The lowest BCUT2D eigenvalue weighted by Gasteiger charge is -2.33. The molecule has 0 aromatic heterocycles. The van der Waals surface area contributed by atoms with Crippen LogP contribution >= 0.6 is 0 Å².